The normalized spacial score (nSPS) is 18.2. The van der Waals surface area contributed by atoms with E-state index in [-0.39, 0.29) is 30.6 Å². The highest BCUT2D eigenvalue weighted by Gasteiger charge is 2.32. The zero-order valence-electron chi connectivity index (χ0n) is 17.4. The van der Waals surface area contributed by atoms with Crippen LogP contribution in [0.2, 0.25) is 0 Å². The summed E-state index contributed by atoms with van der Waals surface area (Å²) >= 11 is 1.19. The summed E-state index contributed by atoms with van der Waals surface area (Å²) in [5, 5.41) is 2.64. The van der Waals surface area contributed by atoms with E-state index < -0.39 is 5.25 Å². The molecule has 9 heteroatoms. The molecule has 32 heavy (non-hydrogen) atoms. The lowest BCUT2D eigenvalue weighted by molar-refractivity contribution is -0.133. The van der Waals surface area contributed by atoms with E-state index in [4.69, 9.17) is 9.47 Å². The molecule has 1 saturated heterocycles. The van der Waals surface area contributed by atoms with E-state index >= 15 is 0 Å². The first kappa shape index (κ1) is 22.0. The number of hydrogen-bond acceptors (Lipinski definition) is 6. The van der Waals surface area contributed by atoms with Crippen molar-refractivity contribution in [2.75, 3.05) is 31.6 Å². The Labute approximate surface area is 190 Å². The number of para-hydroxylation sites is 1. The fourth-order valence-corrected chi connectivity index (χ4v) is 4.38. The highest BCUT2D eigenvalue weighted by Crippen LogP contribution is 2.28. The summed E-state index contributed by atoms with van der Waals surface area (Å²) in [7, 11) is 0. The third kappa shape index (κ3) is 5.95. The molecule has 0 radical (unpaired) electrons. The van der Waals surface area contributed by atoms with Gasteiger partial charge in [-0.1, -0.05) is 30.0 Å². The maximum Gasteiger partial charge on any atom is 0.260 e. The Hall–Kier alpha value is -3.17. The Bertz CT molecular complexity index is 1000. The maximum absolute atomic E-state index is 12.4. The van der Waals surface area contributed by atoms with Crippen molar-refractivity contribution >= 4 is 40.2 Å². The molecule has 0 bridgehead atoms. The summed E-state index contributed by atoms with van der Waals surface area (Å²) in [6.07, 6.45) is 0.0713. The van der Waals surface area contributed by atoms with E-state index in [0.29, 0.717) is 42.8 Å². The van der Waals surface area contributed by atoms with Gasteiger partial charge in [-0.05, 0) is 36.4 Å². The number of carbonyl (C=O) groups excluding carboxylic acids is 3. The van der Waals surface area contributed by atoms with Gasteiger partial charge >= 0.3 is 0 Å². The molecule has 1 fully saturated rings. The number of ether oxygens (including phenoxy) is 2. The Morgan fingerprint density at radius 1 is 1.06 bits per heavy atom. The molecule has 1 unspecified atom stereocenters. The smallest absolute Gasteiger partial charge is 0.260 e. The van der Waals surface area contributed by atoms with Gasteiger partial charge in [-0.3, -0.25) is 14.4 Å². The number of carbonyl (C=O) groups is 3. The van der Waals surface area contributed by atoms with E-state index in [0.717, 1.165) is 5.75 Å². The van der Waals surface area contributed by atoms with Crippen molar-refractivity contribution < 1.29 is 23.9 Å². The molecule has 2 aromatic carbocycles. The zero-order valence-corrected chi connectivity index (χ0v) is 18.2. The zero-order chi connectivity index (χ0) is 22.3. The number of nitrogens with one attached hydrogen (secondary N) is 1. The van der Waals surface area contributed by atoms with E-state index in [1.54, 1.807) is 29.2 Å². The summed E-state index contributed by atoms with van der Waals surface area (Å²) < 4.78 is 11.0. The Morgan fingerprint density at radius 2 is 1.75 bits per heavy atom. The summed E-state index contributed by atoms with van der Waals surface area (Å²) in [4.78, 5) is 42.7. The molecular formula is C23H23N3O5S. The largest absolute Gasteiger partial charge is 0.457 e. The fourth-order valence-electron chi connectivity index (χ4n) is 3.31. The number of hydrogen-bond donors (Lipinski definition) is 1. The molecule has 3 amide bonds. The molecule has 0 aromatic heterocycles. The first-order valence-electron chi connectivity index (χ1n) is 10.3. The van der Waals surface area contributed by atoms with Crippen molar-refractivity contribution in [3.05, 3.63) is 54.6 Å². The Balaban J connectivity index is 1.24. The average molecular weight is 454 g/mol. The minimum Gasteiger partial charge on any atom is -0.457 e. The highest BCUT2D eigenvalue weighted by atomic mass is 32.2. The van der Waals surface area contributed by atoms with Crippen molar-refractivity contribution in [3.8, 4) is 11.5 Å². The molecule has 2 aromatic rings. The first-order valence-corrected chi connectivity index (χ1v) is 11.2. The van der Waals surface area contributed by atoms with Gasteiger partial charge in [0.15, 0.2) is 0 Å². The minimum absolute atomic E-state index is 0.00941. The number of amides is 3. The molecule has 0 aliphatic carbocycles. The molecule has 0 saturated carbocycles. The minimum atomic E-state index is -0.608. The molecule has 0 spiro atoms. The van der Waals surface area contributed by atoms with Gasteiger partial charge in [-0.15, -0.1) is 0 Å². The number of anilines is 1. The van der Waals surface area contributed by atoms with Crippen molar-refractivity contribution in [2.24, 2.45) is 4.99 Å². The lowest BCUT2D eigenvalue weighted by atomic mass is 10.2. The number of rotatable bonds is 7. The van der Waals surface area contributed by atoms with E-state index in [2.05, 4.69) is 10.3 Å². The summed E-state index contributed by atoms with van der Waals surface area (Å²) in [5.74, 6) is 0.642. The highest BCUT2D eigenvalue weighted by molar-refractivity contribution is 8.15. The predicted octanol–water partition coefficient (Wildman–Crippen LogP) is 3.10. The Kier molecular flexibility index (Phi) is 7.18. The Morgan fingerprint density at radius 3 is 2.47 bits per heavy atom. The molecule has 2 aliphatic rings. The van der Waals surface area contributed by atoms with Crippen LogP contribution in [0.4, 0.5) is 5.69 Å². The van der Waals surface area contributed by atoms with Crippen LogP contribution >= 0.6 is 11.8 Å². The molecular weight excluding hydrogens is 430 g/mol. The molecule has 4 rings (SSSR count). The van der Waals surface area contributed by atoms with Crippen molar-refractivity contribution in [1.82, 2.24) is 4.90 Å². The molecule has 166 valence electrons. The van der Waals surface area contributed by atoms with Gasteiger partial charge in [0.25, 0.3) is 5.91 Å². The maximum atomic E-state index is 12.4. The van der Waals surface area contributed by atoms with Crippen LogP contribution in [0.25, 0.3) is 0 Å². The third-order valence-corrected chi connectivity index (χ3v) is 6.10. The van der Waals surface area contributed by atoms with Crippen LogP contribution in [0, 0.1) is 0 Å². The second-order valence-corrected chi connectivity index (χ2v) is 8.59. The molecule has 2 aliphatic heterocycles. The lowest BCUT2D eigenvalue weighted by Crippen LogP contribution is -2.41. The second-order valence-electron chi connectivity index (χ2n) is 7.31. The van der Waals surface area contributed by atoms with Gasteiger partial charge in [0, 0.05) is 25.2 Å². The topological polar surface area (TPSA) is 97.3 Å². The number of benzene rings is 2. The monoisotopic (exact) mass is 453 g/mol. The summed E-state index contributed by atoms with van der Waals surface area (Å²) in [6.45, 7) is 2.14. The van der Waals surface area contributed by atoms with Gasteiger partial charge in [-0.25, -0.2) is 4.99 Å². The van der Waals surface area contributed by atoms with Crippen LogP contribution in [-0.2, 0) is 19.1 Å². The number of morpholine rings is 1. The summed E-state index contributed by atoms with van der Waals surface area (Å²) in [5.41, 5.74) is 0.606. The third-order valence-electron chi connectivity index (χ3n) is 4.94. The average Bonchev–Trinajstić information content (AvgIpc) is 3.14. The van der Waals surface area contributed by atoms with E-state index in [1.165, 1.54) is 11.8 Å². The second kappa shape index (κ2) is 10.4. The van der Waals surface area contributed by atoms with Crippen molar-refractivity contribution in [3.63, 3.8) is 0 Å². The van der Waals surface area contributed by atoms with Gasteiger partial charge in [-0.2, -0.15) is 0 Å². The summed E-state index contributed by atoms with van der Waals surface area (Å²) in [6, 6.07) is 16.4. The van der Waals surface area contributed by atoms with Crippen molar-refractivity contribution in [2.45, 2.75) is 18.1 Å². The quantitative estimate of drug-likeness (QED) is 0.692. The number of aliphatic imine (C=N–C) groups is 1. The molecule has 1 atom stereocenters. The lowest BCUT2D eigenvalue weighted by Gasteiger charge is -2.26. The fraction of sp³-hybridized carbons (Fsp3) is 0.304. The number of nitrogens with zero attached hydrogens (tertiary/aromatic N) is 2. The van der Waals surface area contributed by atoms with Crippen LogP contribution < -0.4 is 10.1 Å². The van der Waals surface area contributed by atoms with Gasteiger partial charge < -0.3 is 19.7 Å². The first-order chi connectivity index (χ1) is 15.6. The van der Waals surface area contributed by atoms with Crippen LogP contribution in [0.3, 0.4) is 0 Å². The van der Waals surface area contributed by atoms with Crippen molar-refractivity contribution in [1.29, 1.82) is 0 Å². The van der Waals surface area contributed by atoms with Crippen LogP contribution in [0.5, 0.6) is 11.5 Å². The molecule has 1 N–H and O–H groups in total. The van der Waals surface area contributed by atoms with Crippen LogP contribution in [0.15, 0.2) is 59.6 Å². The van der Waals surface area contributed by atoms with E-state index in [1.807, 2.05) is 30.3 Å². The number of thioether (sulfide) groups is 1. The SMILES string of the molecule is O=C(CC1SC(CC(=O)N2CCOCC2)=NC1=O)Nc1ccc(Oc2ccccc2)cc1. The standard InChI is InChI=1S/C23H23N3O5S/c27-20(24-16-6-8-18(9-7-16)31-17-4-2-1-3-5-17)14-19-23(29)25-21(32-19)15-22(28)26-10-12-30-13-11-26/h1-9,19H,10-15H2,(H,24,27). The van der Waals surface area contributed by atoms with Gasteiger partial charge in [0.1, 0.15) is 16.7 Å². The van der Waals surface area contributed by atoms with Crippen LogP contribution in [-0.4, -0.2) is 59.2 Å². The predicted molar refractivity (Wildman–Crippen MR) is 122 cm³/mol. The van der Waals surface area contributed by atoms with E-state index in [9.17, 15) is 14.4 Å². The van der Waals surface area contributed by atoms with Gasteiger partial charge in [0.2, 0.25) is 11.8 Å². The van der Waals surface area contributed by atoms with Crippen LogP contribution in [0.1, 0.15) is 12.8 Å². The molecule has 2 heterocycles. The van der Waals surface area contributed by atoms with Gasteiger partial charge in [0.05, 0.1) is 24.7 Å². The molecule has 8 nitrogen and oxygen atoms in total.